The van der Waals surface area contributed by atoms with Crippen LogP contribution in [0, 0.1) is 0 Å². The van der Waals surface area contributed by atoms with E-state index in [9.17, 15) is 9.59 Å². The SMILES string of the molecule is CCCOc1ccc([C@H]2C(C(=O)OCCc3ccccc3)=C(C)NC3=C2C(=O)C[C@@H](c2ccc(Cl)cc2)C3)cc1OC. The molecule has 218 valence electrons. The Morgan fingerprint density at radius 3 is 2.40 bits per heavy atom. The Morgan fingerprint density at radius 2 is 1.69 bits per heavy atom. The van der Waals surface area contributed by atoms with Gasteiger partial charge in [-0.25, -0.2) is 4.79 Å². The van der Waals surface area contributed by atoms with Crippen molar-refractivity contribution in [1.29, 1.82) is 0 Å². The molecule has 0 fully saturated rings. The fraction of sp³-hybridized carbons (Fsp3) is 0.314. The Labute approximate surface area is 252 Å². The van der Waals surface area contributed by atoms with Gasteiger partial charge < -0.3 is 19.5 Å². The molecule has 0 saturated heterocycles. The van der Waals surface area contributed by atoms with Crippen molar-refractivity contribution in [2.45, 2.75) is 51.4 Å². The van der Waals surface area contributed by atoms with Crippen LogP contribution in [0.4, 0.5) is 0 Å². The van der Waals surface area contributed by atoms with Crippen molar-refractivity contribution in [3.63, 3.8) is 0 Å². The highest BCUT2D eigenvalue weighted by atomic mass is 35.5. The van der Waals surface area contributed by atoms with Crippen LogP contribution in [-0.4, -0.2) is 32.1 Å². The predicted molar refractivity (Wildman–Crippen MR) is 164 cm³/mol. The Morgan fingerprint density at radius 1 is 0.952 bits per heavy atom. The van der Waals surface area contributed by atoms with E-state index in [2.05, 4.69) is 5.32 Å². The molecule has 1 aliphatic heterocycles. The Kier molecular flexibility index (Phi) is 9.33. The molecule has 1 aliphatic carbocycles. The van der Waals surface area contributed by atoms with Gasteiger partial charge in [-0.1, -0.05) is 67.1 Å². The van der Waals surface area contributed by atoms with E-state index in [1.807, 2.05) is 86.6 Å². The first-order valence-corrected chi connectivity index (χ1v) is 14.8. The number of carbonyl (C=O) groups excluding carboxylic acids is 2. The van der Waals surface area contributed by atoms with E-state index in [1.54, 1.807) is 7.11 Å². The van der Waals surface area contributed by atoms with Crippen LogP contribution in [0.15, 0.2) is 95.3 Å². The van der Waals surface area contributed by atoms with Crippen molar-refractivity contribution in [2.75, 3.05) is 20.3 Å². The third kappa shape index (κ3) is 6.39. The molecule has 7 heteroatoms. The average molecular weight is 586 g/mol. The van der Waals surface area contributed by atoms with Gasteiger partial charge in [-0.2, -0.15) is 0 Å². The zero-order valence-corrected chi connectivity index (χ0v) is 25.0. The number of hydrogen-bond acceptors (Lipinski definition) is 6. The number of dihydropyridines is 1. The fourth-order valence-electron chi connectivity index (χ4n) is 5.79. The van der Waals surface area contributed by atoms with Gasteiger partial charge in [0.05, 0.1) is 25.9 Å². The second-order valence-electron chi connectivity index (χ2n) is 10.7. The van der Waals surface area contributed by atoms with Gasteiger partial charge in [0, 0.05) is 40.7 Å². The molecule has 2 atom stereocenters. The van der Waals surface area contributed by atoms with Crippen molar-refractivity contribution in [3.05, 3.63) is 117 Å². The maximum atomic E-state index is 13.9. The van der Waals surface area contributed by atoms with Crippen LogP contribution in [0.1, 0.15) is 61.6 Å². The number of ketones is 1. The normalized spacial score (nSPS) is 18.3. The number of benzene rings is 3. The van der Waals surface area contributed by atoms with Crippen molar-refractivity contribution >= 4 is 23.4 Å². The Hall–Kier alpha value is -4.03. The van der Waals surface area contributed by atoms with Gasteiger partial charge in [0.15, 0.2) is 17.3 Å². The number of allylic oxidation sites excluding steroid dienone is 3. The molecule has 2 aliphatic rings. The van der Waals surface area contributed by atoms with E-state index in [4.69, 9.17) is 25.8 Å². The standard InChI is InChI=1S/C35H36ClNO5/c1-4-17-41-30-15-12-25(21-31(30)40-3)33-32(35(39)42-18-16-23-8-6-5-7-9-23)22(2)37-28-19-26(20-29(38)34(28)33)24-10-13-27(36)14-11-24/h5-15,21,26,33,37H,4,16-20H2,1-3H3/t26-,33-/m0/s1. The molecule has 0 unspecified atom stereocenters. The van der Waals surface area contributed by atoms with Crippen molar-refractivity contribution in [3.8, 4) is 11.5 Å². The highest BCUT2D eigenvalue weighted by molar-refractivity contribution is 6.30. The lowest BCUT2D eigenvalue weighted by Crippen LogP contribution is -2.36. The molecule has 1 N–H and O–H groups in total. The summed E-state index contributed by atoms with van der Waals surface area (Å²) in [4.78, 5) is 27.7. The monoisotopic (exact) mass is 585 g/mol. The van der Waals surface area contributed by atoms with Gasteiger partial charge in [0.2, 0.25) is 0 Å². The van der Waals surface area contributed by atoms with E-state index in [0.717, 1.165) is 28.8 Å². The zero-order valence-electron chi connectivity index (χ0n) is 24.2. The number of Topliss-reactive ketones (excluding diaryl/α,β-unsaturated/α-hetero) is 1. The molecule has 0 spiro atoms. The summed E-state index contributed by atoms with van der Waals surface area (Å²) in [6.45, 7) is 4.70. The minimum absolute atomic E-state index is 0.000983. The first kappa shape index (κ1) is 29.5. The number of halogens is 1. The summed E-state index contributed by atoms with van der Waals surface area (Å²) in [5.41, 5.74) is 5.47. The zero-order chi connectivity index (χ0) is 29.6. The van der Waals surface area contributed by atoms with E-state index in [0.29, 0.717) is 59.2 Å². The van der Waals surface area contributed by atoms with Crippen LogP contribution < -0.4 is 14.8 Å². The summed E-state index contributed by atoms with van der Waals surface area (Å²) in [7, 11) is 1.59. The minimum atomic E-state index is -0.599. The molecule has 5 rings (SSSR count). The molecule has 0 bridgehead atoms. The summed E-state index contributed by atoms with van der Waals surface area (Å²) in [6.07, 6.45) is 2.44. The smallest absolute Gasteiger partial charge is 0.336 e. The van der Waals surface area contributed by atoms with Gasteiger partial charge in [-0.15, -0.1) is 0 Å². The molecule has 0 saturated carbocycles. The summed E-state index contributed by atoms with van der Waals surface area (Å²) in [6, 6.07) is 23.2. The number of methoxy groups -OCH3 is 1. The van der Waals surface area contributed by atoms with Gasteiger partial charge in [-0.3, -0.25) is 4.79 Å². The number of hydrogen-bond donors (Lipinski definition) is 1. The van der Waals surface area contributed by atoms with E-state index in [1.165, 1.54) is 0 Å². The number of esters is 1. The third-order valence-electron chi connectivity index (χ3n) is 7.84. The Bertz CT molecular complexity index is 1510. The first-order valence-electron chi connectivity index (χ1n) is 14.4. The van der Waals surface area contributed by atoms with E-state index < -0.39 is 11.9 Å². The van der Waals surface area contributed by atoms with Crippen molar-refractivity contribution < 1.29 is 23.8 Å². The lowest BCUT2D eigenvalue weighted by atomic mass is 9.71. The number of carbonyl (C=O) groups is 2. The molecular weight excluding hydrogens is 550 g/mol. The van der Waals surface area contributed by atoms with Crippen molar-refractivity contribution in [2.24, 2.45) is 0 Å². The highest BCUT2D eigenvalue weighted by Gasteiger charge is 2.41. The van der Waals surface area contributed by atoms with Crippen LogP contribution in [0.2, 0.25) is 5.02 Å². The topological polar surface area (TPSA) is 73.9 Å². The lowest BCUT2D eigenvalue weighted by Gasteiger charge is -2.37. The molecule has 0 aromatic heterocycles. The van der Waals surface area contributed by atoms with E-state index >= 15 is 0 Å². The molecule has 3 aromatic carbocycles. The number of rotatable bonds is 10. The largest absolute Gasteiger partial charge is 0.493 e. The van der Waals surface area contributed by atoms with Crippen LogP contribution in [0.5, 0.6) is 11.5 Å². The van der Waals surface area contributed by atoms with Gasteiger partial charge >= 0.3 is 5.97 Å². The summed E-state index contributed by atoms with van der Waals surface area (Å²) in [5.74, 6) is 0.146. The Balaban J connectivity index is 1.50. The molecular formula is C35H36ClNO5. The van der Waals surface area contributed by atoms with Crippen molar-refractivity contribution in [1.82, 2.24) is 5.32 Å². The molecule has 6 nitrogen and oxygen atoms in total. The molecule has 0 amide bonds. The van der Waals surface area contributed by atoms with Crippen LogP contribution >= 0.6 is 11.6 Å². The average Bonchev–Trinajstić information content (AvgIpc) is 3.00. The van der Waals surface area contributed by atoms with Crippen LogP contribution in [-0.2, 0) is 20.7 Å². The maximum absolute atomic E-state index is 13.9. The number of ether oxygens (including phenoxy) is 3. The second-order valence-corrected chi connectivity index (χ2v) is 11.1. The lowest BCUT2D eigenvalue weighted by molar-refractivity contribution is -0.139. The first-order chi connectivity index (χ1) is 20.4. The maximum Gasteiger partial charge on any atom is 0.336 e. The fourth-order valence-corrected chi connectivity index (χ4v) is 5.92. The summed E-state index contributed by atoms with van der Waals surface area (Å²) >= 11 is 6.12. The minimum Gasteiger partial charge on any atom is -0.493 e. The van der Waals surface area contributed by atoms with Gasteiger partial charge in [0.1, 0.15) is 0 Å². The predicted octanol–water partition coefficient (Wildman–Crippen LogP) is 7.28. The molecule has 3 aromatic rings. The van der Waals surface area contributed by atoms with Gasteiger partial charge in [0.25, 0.3) is 0 Å². The second kappa shape index (κ2) is 13.3. The van der Waals surface area contributed by atoms with Crippen LogP contribution in [0.3, 0.4) is 0 Å². The highest BCUT2D eigenvalue weighted by Crippen LogP contribution is 2.47. The summed E-state index contributed by atoms with van der Waals surface area (Å²) < 4.78 is 17.4. The third-order valence-corrected chi connectivity index (χ3v) is 8.09. The molecule has 0 radical (unpaired) electrons. The van der Waals surface area contributed by atoms with Gasteiger partial charge in [-0.05, 0) is 66.6 Å². The quantitative estimate of drug-likeness (QED) is 0.252. The molecule has 1 heterocycles. The van der Waals surface area contributed by atoms with Crippen LogP contribution in [0.25, 0.3) is 0 Å². The van der Waals surface area contributed by atoms with E-state index in [-0.39, 0.29) is 18.3 Å². The summed E-state index contributed by atoms with van der Waals surface area (Å²) in [5, 5.41) is 4.08. The molecule has 42 heavy (non-hydrogen) atoms. The number of nitrogens with one attached hydrogen (secondary N) is 1.